The summed E-state index contributed by atoms with van der Waals surface area (Å²) in [5.41, 5.74) is -0.487. The lowest BCUT2D eigenvalue weighted by Gasteiger charge is -2.24. The Hall–Kier alpha value is -1.30. The third kappa shape index (κ3) is 12.9. The predicted molar refractivity (Wildman–Crippen MR) is 93.3 cm³/mol. The minimum atomic E-state index is -0.487. The normalized spacial score (nSPS) is 13.1. The van der Waals surface area contributed by atoms with Crippen LogP contribution in [-0.4, -0.2) is 43.3 Å². The van der Waals surface area contributed by atoms with Gasteiger partial charge in [0, 0.05) is 25.6 Å². The van der Waals surface area contributed by atoms with Crippen molar-refractivity contribution in [3.05, 3.63) is 0 Å². The van der Waals surface area contributed by atoms with E-state index < -0.39 is 5.60 Å². The molecule has 1 unspecified atom stereocenters. The SMILES string of the molecule is CC(C)NC(=O)CCNCC(CNC(=O)OC(C)(C)C)C(C)C. The molecule has 0 aromatic carbocycles. The molecule has 136 valence electrons. The van der Waals surface area contributed by atoms with Gasteiger partial charge in [0.15, 0.2) is 0 Å². The van der Waals surface area contributed by atoms with Crippen molar-refractivity contribution in [2.24, 2.45) is 11.8 Å². The molecule has 0 bridgehead atoms. The molecule has 0 rings (SSSR count). The molecule has 6 nitrogen and oxygen atoms in total. The first kappa shape index (κ1) is 21.7. The average molecular weight is 329 g/mol. The highest BCUT2D eigenvalue weighted by Gasteiger charge is 2.19. The average Bonchev–Trinajstić information content (AvgIpc) is 2.34. The minimum Gasteiger partial charge on any atom is -0.444 e. The van der Waals surface area contributed by atoms with Crippen LogP contribution in [0.4, 0.5) is 4.79 Å². The van der Waals surface area contributed by atoms with Crippen LogP contribution in [0.3, 0.4) is 0 Å². The Balaban J connectivity index is 4.04. The van der Waals surface area contributed by atoms with Gasteiger partial charge in [-0.25, -0.2) is 4.79 Å². The lowest BCUT2D eigenvalue weighted by Crippen LogP contribution is -2.40. The zero-order valence-electron chi connectivity index (χ0n) is 15.8. The van der Waals surface area contributed by atoms with Crippen molar-refractivity contribution in [1.82, 2.24) is 16.0 Å². The fraction of sp³-hybridized carbons (Fsp3) is 0.882. The van der Waals surface area contributed by atoms with Crippen LogP contribution in [0.25, 0.3) is 0 Å². The number of ether oxygens (including phenoxy) is 1. The van der Waals surface area contributed by atoms with Gasteiger partial charge in [-0.05, 0) is 53.0 Å². The van der Waals surface area contributed by atoms with Crippen molar-refractivity contribution in [1.29, 1.82) is 0 Å². The summed E-state index contributed by atoms with van der Waals surface area (Å²) < 4.78 is 5.24. The van der Waals surface area contributed by atoms with Crippen molar-refractivity contribution < 1.29 is 14.3 Å². The van der Waals surface area contributed by atoms with Crippen LogP contribution in [0.2, 0.25) is 0 Å². The molecule has 2 amide bonds. The van der Waals surface area contributed by atoms with Gasteiger partial charge < -0.3 is 20.7 Å². The fourth-order valence-corrected chi connectivity index (χ4v) is 1.96. The maximum absolute atomic E-state index is 11.7. The maximum atomic E-state index is 11.7. The first-order valence-electron chi connectivity index (χ1n) is 8.48. The van der Waals surface area contributed by atoms with Crippen LogP contribution in [-0.2, 0) is 9.53 Å². The molecule has 0 aliphatic carbocycles. The number of rotatable bonds is 9. The third-order valence-corrected chi connectivity index (χ3v) is 3.24. The molecular weight excluding hydrogens is 294 g/mol. The Bertz CT molecular complexity index is 363. The second-order valence-corrected chi connectivity index (χ2v) is 7.56. The Morgan fingerprint density at radius 3 is 2.13 bits per heavy atom. The molecule has 0 fully saturated rings. The zero-order chi connectivity index (χ0) is 18.0. The van der Waals surface area contributed by atoms with Crippen LogP contribution in [0.5, 0.6) is 0 Å². The Morgan fingerprint density at radius 1 is 1.04 bits per heavy atom. The number of hydrogen-bond acceptors (Lipinski definition) is 4. The molecular formula is C17H35N3O3. The van der Waals surface area contributed by atoms with E-state index in [1.807, 2.05) is 34.6 Å². The molecule has 0 saturated heterocycles. The van der Waals surface area contributed by atoms with E-state index in [0.29, 0.717) is 25.4 Å². The van der Waals surface area contributed by atoms with Crippen LogP contribution in [0.1, 0.15) is 54.9 Å². The van der Waals surface area contributed by atoms with Crippen LogP contribution in [0, 0.1) is 11.8 Å². The highest BCUT2D eigenvalue weighted by Crippen LogP contribution is 2.10. The molecule has 0 aromatic rings. The van der Waals surface area contributed by atoms with E-state index in [-0.39, 0.29) is 24.0 Å². The largest absolute Gasteiger partial charge is 0.444 e. The standard InChI is InChI=1S/C17H35N3O3/c1-12(2)14(11-19-16(22)23-17(5,6)7)10-18-9-8-15(21)20-13(3)4/h12-14,18H,8-11H2,1-7H3,(H,19,22)(H,20,21). The molecule has 3 N–H and O–H groups in total. The summed E-state index contributed by atoms with van der Waals surface area (Å²) >= 11 is 0. The molecule has 0 saturated carbocycles. The Labute approximate surface area is 141 Å². The van der Waals surface area contributed by atoms with E-state index in [1.54, 1.807) is 0 Å². The number of alkyl carbamates (subject to hydrolysis) is 1. The number of carbonyl (C=O) groups is 2. The summed E-state index contributed by atoms with van der Waals surface area (Å²) in [4.78, 5) is 23.3. The monoisotopic (exact) mass is 329 g/mol. The zero-order valence-corrected chi connectivity index (χ0v) is 15.8. The summed E-state index contributed by atoms with van der Waals surface area (Å²) in [5, 5.41) is 8.97. The van der Waals surface area contributed by atoms with Crippen molar-refractivity contribution in [3.63, 3.8) is 0 Å². The lowest BCUT2D eigenvalue weighted by atomic mass is 9.96. The summed E-state index contributed by atoms with van der Waals surface area (Å²) in [7, 11) is 0. The van der Waals surface area contributed by atoms with E-state index in [2.05, 4.69) is 29.8 Å². The summed E-state index contributed by atoms with van der Waals surface area (Å²) in [6, 6.07) is 0.170. The van der Waals surface area contributed by atoms with Gasteiger partial charge in [0.25, 0.3) is 0 Å². The van der Waals surface area contributed by atoms with Gasteiger partial charge in [-0.15, -0.1) is 0 Å². The number of nitrogens with one attached hydrogen (secondary N) is 3. The molecule has 0 spiro atoms. The molecule has 0 radical (unpaired) electrons. The fourth-order valence-electron chi connectivity index (χ4n) is 1.96. The molecule has 0 heterocycles. The van der Waals surface area contributed by atoms with Crippen molar-refractivity contribution in [2.45, 2.75) is 66.5 Å². The highest BCUT2D eigenvalue weighted by molar-refractivity contribution is 5.76. The van der Waals surface area contributed by atoms with E-state index in [4.69, 9.17) is 4.74 Å². The highest BCUT2D eigenvalue weighted by atomic mass is 16.6. The van der Waals surface area contributed by atoms with Crippen LogP contribution < -0.4 is 16.0 Å². The second-order valence-electron chi connectivity index (χ2n) is 7.56. The van der Waals surface area contributed by atoms with Crippen LogP contribution in [0.15, 0.2) is 0 Å². The third-order valence-electron chi connectivity index (χ3n) is 3.24. The van der Waals surface area contributed by atoms with Gasteiger partial charge in [0.05, 0.1) is 0 Å². The molecule has 23 heavy (non-hydrogen) atoms. The van der Waals surface area contributed by atoms with E-state index in [0.717, 1.165) is 6.54 Å². The minimum absolute atomic E-state index is 0.0560. The van der Waals surface area contributed by atoms with E-state index in [9.17, 15) is 9.59 Å². The van der Waals surface area contributed by atoms with Crippen molar-refractivity contribution >= 4 is 12.0 Å². The summed E-state index contributed by atoms with van der Waals surface area (Å²) in [6.45, 7) is 15.6. The van der Waals surface area contributed by atoms with Gasteiger partial charge >= 0.3 is 6.09 Å². The van der Waals surface area contributed by atoms with Gasteiger partial charge in [-0.2, -0.15) is 0 Å². The summed E-state index contributed by atoms with van der Waals surface area (Å²) in [5.74, 6) is 0.762. The smallest absolute Gasteiger partial charge is 0.407 e. The maximum Gasteiger partial charge on any atom is 0.407 e. The van der Waals surface area contributed by atoms with Gasteiger partial charge in [-0.3, -0.25) is 4.79 Å². The number of amides is 2. The molecule has 1 atom stereocenters. The van der Waals surface area contributed by atoms with Gasteiger partial charge in [0.2, 0.25) is 5.91 Å². The summed E-state index contributed by atoms with van der Waals surface area (Å²) in [6.07, 6.45) is 0.0714. The predicted octanol–water partition coefficient (Wildman–Crippen LogP) is 2.29. The quantitative estimate of drug-likeness (QED) is 0.567. The second kappa shape index (κ2) is 10.5. The van der Waals surface area contributed by atoms with Gasteiger partial charge in [0.1, 0.15) is 5.60 Å². The number of carbonyl (C=O) groups excluding carboxylic acids is 2. The van der Waals surface area contributed by atoms with E-state index >= 15 is 0 Å². The lowest BCUT2D eigenvalue weighted by molar-refractivity contribution is -0.121. The number of hydrogen-bond donors (Lipinski definition) is 3. The molecule has 6 heteroatoms. The molecule has 0 aliphatic heterocycles. The molecule has 0 aliphatic rings. The van der Waals surface area contributed by atoms with Crippen molar-refractivity contribution in [3.8, 4) is 0 Å². The molecule has 0 aromatic heterocycles. The Morgan fingerprint density at radius 2 is 1.65 bits per heavy atom. The first-order valence-corrected chi connectivity index (χ1v) is 8.48. The first-order chi connectivity index (χ1) is 10.5. The van der Waals surface area contributed by atoms with Gasteiger partial charge in [-0.1, -0.05) is 13.8 Å². The van der Waals surface area contributed by atoms with Crippen LogP contribution >= 0.6 is 0 Å². The van der Waals surface area contributed by atoms with E-state index in [1.165, 1.54) is 0 Å². The Kier molecular flexibility index (Phi) is 9.88. The van der Waals surface area contributed by atoms with Crippen molar-refractivity contribution in [2.75, 3.05) is 19.6 Å². The topological polar surface area (TPSA) is 79.5 Å².